The molecule has 0 aliphatic carbocycles. The van der Waals surface area contributed by atoms with Crippen molar-refractivity contribution in [2.75, 3.05) is 6.54 Å². The number of hydrogen-bond donors (Lipinski definition) is 3. The lowest BCUT2D eigenvalue weighted by Gasteiger charge is -2.14. The van der Waals surface area contributed by atoms with E-state index in [0.29, 0.717) is 12.1 Å². The molecule has 0 aromatic heterocycles. The first-order valence-electron chi connectivity index (χ1n) is 4.65. The molecule has 2 unspecified atom stereocenters. The van der Waals surface area contributed by atoms with Crippen molar-refractivity contribution in [2.24, 2.45) is 0 Å². The Morgan fingerprint density at radius 3 is 3.00 bits per heavy atom. The molecule has 3 N–H and O–H groups in total. The molecule has 0 radical (unpaired) electrons. The summed E-state index contributed by atoms with van der Waals surface area (Å²) in [5, 5.41) is 8.92. The van der Waals surface area contributed by atoms with Gasteiger partial charge in [-0.25, -0.2) is 9.82 Å². The standard InChI is InChI=1S/C10H11FN2O2/c11-7-3-1-2-6(4-7)8-5-12-13-9(8)10(14)15/h1-4,8-9,12-13H,5H2,(H,14,15). The third-order valence-electron chi connectivity index (χ3n) is 2.52. The minimum Gasteiger partial charge on any atom is -0.480 e. The van der Waals surface area contributed by atoms with Gasteiger partial charge in [-0.15, -0.1) is 0 Å². The molecular formula is C10H11FN2O2. The normalized spacial score (nSPS) is 25.4. The average molecular weight is 210 g/mol. The number of carboxylic acid groups (broad SMARTS) is 1. The fraction of sp³-hybridized carbons (Fsp3) is 0.300. The largest absolute Gasteiger partial charge is 0.480 e. The van der Waals surface area contributed by atoms with E-state index in [1.54, 1.807) is 12.1 Å². The summed E-state index contributed by atoms with van der Waals surface area (Å²) in [7, 11) is 0. The number of hydrogen-bond acceptors (Lipinski definition) is 3. The Morgan fingerprint density at radius 2 is 2.33 bits per heavy atom. The Labute approximate surface area is 86.1 Å². The molecule has 15 heavy (non-hydrogen) atoms. The molecule has 1 fully saturated rings. The summed E-state index contributed by atoms with van der Waals surface area (Å²) in [6, 6.07) is 5.33. The predicted molar refractivity (Wildman–Crippen MR) is 51.7 cm³/mol. The Kier molecular flexibility index (Phi) is 2.66. The van der Waals surface area contributed by atoms with Crippen molar-refractivity contribution < 1.29 is 14.3 Å². The Bertz CT molecular complexity index is 383. The second kappa shape index (κ2) is 3.96. The van der Waals surface area contributed by atoms with Gasteiger partial charge in [-0.1, -0.05) is 12.1 Å². The molecule has 80 valence electrons. The topological polar surface area (TPSA) is 61.4 Å². The SMILES string of the molecule is O=C(O)C1NNCC1c1cccc(F)c1. The van der Waals surface area contributed by atoms with Gasteiger partial charge in [0.05, 0.1) is 0 Å². The van der Waals surface area contributed by atoms with Gasteiger partial charge in [0.1, 0.15) is 11.9 Å². The highest BCUT2D eigenvalue weighted by atomic mass is 19.1. The Morgan fingerprint density at radius 1 is 1.53 bits per heavy atom. The summed E-state index contributed by atoms with van der Waals surface area (Å²) in [4.78, 5) is 10.9. The van der Waals surface area contributed by atoms with Crippen LogP contribution in [0.3, 0.4) is 0 Å². The molecule has 2 atom stereocenters. The molecule has 2 rings (SSSR count). The smallest absolute Gasteiger partial charge is 0.322 e. The van der Waals surface area contributed by atoms with Gasteiger partial charge in [0.15, 0.2) is 0 Å². The lowest BCUT2D eigenvalue weighted by atomic mass is 9.93. The van der Waals surface area contributed by atoms with Gasteiger partial charge in [0, 0.05) is 12.5 Å². The van der Waals surface area contributed by atoms with Crippen LogP contribution in [0, 0.1) is 5.82 Å². The van der Waals surface area contributed by atoms with E-state index in [9.17, 15) is 9.18 Å². The molecule has 1 heterocycles. The van der Waals surface area contributed by atoms with Crippen LogP contribution >= 0.6 is 0 Å². The molecule has 0 spiro atoms. The second-order valence-corrected chi connectivity index (χ2v) is 3.50. The Hall–Kier alpha value is -1.46. The van der Waals surface area contributed by atoms with Gasteiger partial charge in [-0.3, -0.25) is 10.2 Å². The summed E-state index contributed by atoms with van der Waals surface area (Å²) in [5.41, 5.74) is 6.11. The average Bonchev–Trinajstić information content (AvgIpc) is 2.65. The molecule has 1 aliphatic rings. The van der Waals surface area contributed by atoms with Crippen molar-refractivity contribution in [3.8, 4) is 0 Å². The van der Waals surface area contributed by atoms with Crippen molar-refractivity contribution in [1.29, 1.82) is 0 Å². The highest BCUT2D eigenvalue weighted by molar-refractivity contribution is 5.75. The third kappa shape index (κ3) is 1.98. The summed E-state index contributed by atoms with van der Waals surface area (Å²) in [6.07, 6.45) is 0. The zero-order chi connectivity index (χ0) is 10.8. The maximum Gasteiger partial charge on any atom is 0.322 e. The van der Waals surface area contributed by atoms with Crippen molar-refractivity contribution in [2.45, 2.75) is 12.0 Å². The number of aliphatic carboxylic acids is 1. The number of rotatable bonds is 2. The summed E-state index contributed by atoms with van der Waals surface area (Å²) < 4.78 is 13.0. The van der Waals surface area contributed by atoms with E-state index in [0.717, 1.165) is 0 Å². The van der Waals surface area contributed by atoms with Crippen LogP contribution in [0.15, 0.2) is 24.3 Å². The predicted octanol–water partition coefficient (Wildman–Crippen LogP) is 0.470. The van der Waals surface area contributed by atoms with E-state index in [4.69, 9.17) is 5.11 Å². The maximum atomic E-state index is 13.0. The fourth-order valence-electron chi connectivity index (χ4n) is 1.78. The Balaban J connectivity index is 2.26. The molecule has 1 aliphatic heterocycles. The van der Waals surface area contributed by atoms with Gasteiger partial charge < -0.3 is 5.11 Å². The van der Waals surface area contributed by atoms with Crippen LogP contribution in [0.5, 0.6) is 0 Å². The first-order valence-corrected chi connectivity index (χ1v) is 4.65. The molecule has 4 nitrogen and oxygen atoms in total. The van der Waals surface area contributed by atoms with Gasteiger partial charge in [-0.05, 0) is 17.7 Å². The van der Waals surface area contributed by atoms with E-state index < -0.39 is 12.0 Å². The first kappa shape index (κ1) is 10.1. The van der Waals surface area contributed by atoms with Crippen LogP contribution in [0.1, 0.15) is 11.5 Å². The highest BCUT2D eigenvalue weighted by Gasteiger charge is 2.33. The quantitative estimate of drug-likeness (QED) is 0.664. The zero-order valence-corrected chi connectivity index (χ0v) is 7.90. The molecule has 1 aromatic rings. The number of benzene rings is 1. The molecule has 1 saturated heterocycles. The van der Waals surface area contributed by atoms with E-state index in [2.05, 4.69) is 10.9 Å². The molecule has 0 saturated carbocycles. The van der Waals surface area contributed by atoms with Crippen molar-refractivity contribution in [3.05, 3.63) is 35.6 Å². The third-order valence-corrected chi connectivity index (χ3v) is 2.52. The van der Waals surface area contributed by atoms with Crippen LogP contribution in [0.25, 0.3) is 0 Å². The molecule has 1 aromatic carbocycles. The van der Waals surface area contributed by atoms with Gasteiger partial charge >= 0.3 is 5.97 Å². The first-order chi connectivity index (χ1) is 7.18. The van der Waals surface area contributed by atoms with E-state index in [-0.39, 0.29) is 11.7 Å². The lowest BCUT2D eigenvalue weighted by molar-refractivity contribution is -0.139. The van der Waals surface area contributed by atoms with Crippen LogP contribution < -0.4 is 10.9 Å². The number of carbonyl (C=O) groups is 1. The number of carboxylic acids is 1. The lowest BCUT2D eigenvalue weighted by Crippen LogP contribution is -2.37. The summed E-state index contributed by atoms with van der Waals surface area (Å²) in [6.45, 7) is 0.487. The van der Waals surface area contributed by atoms with E-state index in [1.807, 2.05) is 0 Å². The molecule has 0 bridgehead atoms. The highest BCUT2D eigenvalue weighted by Crippen LogP contribution is 2.22. The fourth-order valence-corrected chi connectivity index (χ4v) is 1.78. The number of hydrazine groups is 1. The molecule has 0 amide bonds. The molecule has 5 heteroatoms. The van der Waals surface area contributed by atoms with E-state index >= 15 is 0 Å². The number of halogens is 1. The van der Waals surface area contributed by atoms with Gasteiger partial charge in [0.25, 0.3) is 0 Å². The van der Waals surface area contributed by atoms with Crippen LogP contribution in [-0.4, -0.2) is 23.7 Å². The van der Waals surface area contributed by atoms with E-state index in [1.165, 1.54) is 12.1 Å². The molecular weight excluding hydrogens is 199 g/mol. The van der Waals surface area contributed by atoms with Gasteiger partial charge in [0.2, 0.25) is 0 Å². The summed E-state index contributed by atoms with van der Waals surface area (Å²) >= 11 is 0. The minimum atomic E-state index is -0.936. The van der Waals surface area contributed by atoms with Crippen molar-refractivity contribution in [3.63, 3.8) is 0 Å². The van der Waals surface area contributed by atoms with Crippen LogP contribution in [0.2, 0.25) is 0 Å². The van der Waals surface area contributed by atoms with Crippen LogP contribution in [-0.2, 0) is 4.79 Å². The maximum absolute atomic E-state index is 13.0. The van der Waals surface area contributed by atoms with Crippen LogP contribution in [0.4, 0.5) is 4.39 Å². The monoisotopic (exact) mass is 210 g/mol. The van der Waals surface area contributed by atoms with Crippen molar-refractivity contribution in [1.82, 2.24) is 10.9 Å². The summed E-state index contributed by atoms with van der Waals surface area (Å²) in [5.74, 6) is -1.52. The zero-order valence-electron chi connectivity index (χ0n) is 7.90. The number of nitrogens with one attached hydrogen (secondary N) is 2. The van der Waals surface area contributed by atoms with Crippen molar-refractivity contribution >= 4 is 5.97 Å². The van der Waals surface area contributed by atoms with Gasteiger partial charge in [-0.2, -0.15) is 0 Å². The second-order valence-electron chi connectivity index (χ2n) is 3.50. The minimum absolute atomic E-state index is 0.238.